The second-order valence-corrected chi connectivity index (χ2v) is 8.44. The predicted octanol–water partition coefficient (Wildman–Crippen LogP) is 5.02. The third-order valence-electron chi connectivity index (χ3n) is 4.46. The van der Waals surface area contributed by atoms with E-state index in [1.54, 1.807) is 36.4 Å². The molecule has 1 heterocycles. The summed E-state index contributed by atoms with van der Waals surface area (Å²) in [6, 6.07) is 12.7. The van der Waals surface area contributed by atoms with Gasteiger partial charge in [-0.05, 0) is 60.5 Å². The molecule has 0 saturated carbocycles. The smallest absolute Gasteiger partial charge is 0.305 e. The molecular weight excluding hydrogens is 432 g/mol. The van der Waals surface area contributed by atoms with E-state index in [4.69, 9.17) is 11.6 Å². The van der Waals surface area contributed by atoms with Gasteiger partial charge in [-0.25, -0.2) is 8.78 Å². The van der Waals surface area contributed by atoms with Gasteiger partial charge in [0.25, 0.3) is 0 Å². The number of hydrogen-bond acceptors (Lipinski definition) is 4. The number of benzene rings is 2. The van der Waals surface area contributed by atoms with Crippen molar-refractivity contribution in [3.05, 3.63) is 94.3 Å². The Hall–Kier alpha value is -2.64. The maximum atomic E-state index is 14.6. The van der Waals surface area contributed by atoms with E-state index in [-0.39, 0.29) is 18.0 Å². The van der Waals surface area contributed by atoms with E-state index in [0.717, 1.165) is 23.8 Å². The molecule has 3 aromatic rings. The lowest BCUT2D eigenvalue weighted by atomic mass is 10.1. The zero-order valence-electron chi connectivity index (χ0n) is 16.0. The maximum absolute atomic E-state index is 14.6. The van der Waals surface area contributed by atoms with Gasteiger partial charge >= 0.3 is 5.97 Å². The number of carbonyl (C=O) groups is 1. The number of aryl methyl sites for hydroxylation is 1. The molecule has 8 heteroatoms. The number of hydrogen-bond donors (Lipinski definition) is 0. The fourth-order valence-corrected chi connectivity index (χ4v) is 4.46. The molecule has 0 fully saturated rings. The standard InChI is InChI=1S/C22H18ClF2NO3S/c1-29-21(27)11-3-14-2-10-20(26-13-14)22(18-12-16(24)6-9-19(18)25)30(28)17-7-4-15(23)5-8-17/h2,4-10,12-13,22H,3,11H2,1H3. The molecule has 0 bridgehead atoms. The van der Waals surface area contributed by atoms with E-state index in [1.807, 2.05) is 0 Å². The van der Waals surface area contributed by atoms with E-state index >= 15 is 0 Å². The van der Waals surface area contributed by atoms with Crippen LogP contribution in [0.15, 0.2) is 65.7 Å². The highest BCUT2D eigenvalue weighted by atomic mass is 35.5. The topological polar surface area (TPSA) is 56.3 Å². The fraction of sp³-hybridized carbons (Fsp3) is 0.182. The van der Waals surface area contributed by atoms with Crippen LogP contribution in [0.5, 0.6) is 0 Å². The number of ether oxygens (including phenoxy) is 1. The van der Waals surface area contributed by atoms with Crippen molar-refractivity contribution in [3.63, 3.8) is 0 Å². The van der Waals surface area contributed by atoms with Crippen LogP contribution in [0.1, 0.15) is 28.5 Å². The van der Waals surface area contributed by atoms with Crippen LogP contribution >= 0.6 is 11.6 Å². The molecule has 30 heavy (non-hydrogen) atoms. The minimum absolute atomic E-state index is 0.0573. The molecule has 0 amide bonds. The second kappa shape index (κ2) is 9.91. The first-order valence-electron chi connectivity index (χ1n) is 9.01. The summed E-state index contributed by atoms with van der Waals surface area (Å²) in [5, 5.41) is -0.561. The van der Waals surface area contributed by atoms with Crippen LogP contribution in [0, 0.1) is 11.6 Å². The van der Waals surface area contributed by atoms with Crippen molar-refractivity contribution in [2.75, 3.05) is 7.11 Å². The molecule has 0 saturated heterocycles. The van der Waals surface area contributed by atoms with Crippen LogP contribution in [0.3, 0.4) is 0 Å². The molecule has 0 aliphatic heterocycles. The summed E-state index contributed by atoms with van der Waals surface area (Å²) in [6.07, 6.45) is 2.14. The van der Waals surface area contributed by atoms with Gasteiger partial charge < -0.3 is 4.74 Å². The Bertz CT molecular complexity index is 1060. The summed E-state index contributed by atoms with van der Waals surface area (Å²) in [6.45, 7) is 0. The van der Waals surface area contributed by atoms with Crippen molar-refractivity contribution in [2.45, 2.75) is 23.0 Å². The highest BCUT2D eigenvalue weighted by Gasteiger charge is 2.27. The fourth-order valence-electron chi connectivity index (χ4n) is 2.89. The van der Waals surface area contributed by atoms with Gasteiger partial charge in [-0.1, -0.05) is 17.7 Å². The monoisotopic (exact) mass is 449 g/mol. The lowest BCUT2D eigenvalue weighted by Gasteiger charge is -2.18. The normalized spacial score (nSPS) is 12.9. The summed E-state index contributed by atoms with van der Waals surface area (Å²) < 4.78 is 46.4. The number of halogens is 3. The molecule has 0 radical (unpaired) electrons. The first kappa shape index (κ1) is 22.1. The van der Waals surface area contributed by atoms with Crippen LogP contribution in [-0.2, 0) is 26.8 Å². The van der Waals surface area contributed by atoms with Gasteiger partial charge in [-0.3, -0.25) is 14.0 Å². The average molecular weight is 450 g/mol. The number of esters is 1. The molecule has 3 rings (SSSR count). The number of nitrogens with zero attached hydrogens (tertiary/aromatic N) is 1. The zero-order chi connectivity index (χ0) is 21.7. The molecule has 156 valence electrons. The summed E-state index contributed by atoms with van der Waals surface area (Å²) in [7, 11) is -0.458. The van der Waals surface area contributed by atoms with Gasteiger partial charge in [0.2, 0.25) is 0 Å². The Kier molecular flexibility index (Phi) is 7.29. The first-order valence-corrected chi connectivity index (χ1v) is 10.6. The van der Waals surface area contributed by atoms with Crippen molar-refractivity contribution in [1.82, 2.24) is 4.98 Å². The minimum Gasteiger partial charge on any atom is -0.469 e. The third-order valence-corrected chi connectivity index (χ3v) is 6.37. The Morgan fingerprint density at radius 2 is 1.87 bits per heavy atom. The van der Waals surface area contributed by atoms with Crippen LogP contribution in [0.25, 0.3) is 0 Å². The SMILES string of the molecule is COC(=O)CCc1ccc(C(c2cc(F)ccc2F)S(=O)c2ccc(Cl)cc2)nc1. The zero-order valence-corrected chi connectivity index (χ0v) is 17.6. The third kappa shape index (κ3) is 5.29. The van der Waals surface area contributed by atoms with E-state index in [9.17, 15) is 17.8 Å². The molecular formula is C22H18ClF2NO3S. The highest BCUT2D eigenvalue weighted by molar-refractivity contribution is 7.85. The number of rotatable bonds is 7. The largest absolute Gasteiger partial charge is 0.469 e. The molecule has 0 aliphatic rings. The molecule has 0 N–H and O–H groups in total. The molecule has 0 aliphatic carbocycles. The summed E-state index contributed by atoms with van der Waals surface area (Å²) in [4.78, 5) is 16.1. The lowest BCUT2D eigenvalue weighted by molar-refractivity contribution is -0.140. The van der Waals surface area contributed by atoms with E-state index in [2.05, 4.69) is 9.72 Å². The lowest BCUT2D eigenvalue weighted by Crippen LogP contribution is -2.13. The minimum atomic E-state index is -1.77. The van der Waals surface area contributed by atoms with Crippen molar-refractivity contribution in [1.29, 1.82) is 0 Å². The first-order chi connectivity index (χ1) is 14.4. The highest BCUT2D eigenvalue weighted by Crippen LogP contribution is 2.33. The molecule has 2 atom stereocenters. The second-order valence-electron chi connectivity index (χ2n) is 6.46. The molecule has 0 spiro atoms. The quantitative estimate of drug-likeness (QED) is 0.475. The van der Waals surface area contributed by atoms with E-state index < -0.39 is 27.7 Å². The summed E-state index contributed by atoms with van der Waals surface area (Å²) >= 11 is 5.90. The van der Waals surface area contributed by atoms with E-state index in [1.165, 1.54) is 13.3 Å². The van der Waals surface area contributed by atoms with Crippen molar-refractivity contribution < 1.29 is 22.5 Å². The number of pyridine rings is 1. The van der Waals surface area contributed by atoms with Crippen molar-refractivity contribution >= 4 is 28.4 Å². The van der Waals surface area contributed by atoms with Crippen LogP contribution < -0.4 is 0 Å². The number of aromatic nitrogens is 1. The molecule has 1 aromatic heterocycles. The Morgan fingerprint density at radius 1 is 1.13 bits per heavy atom. The van der Waals surface area contributed by atoms with Crippen molar-refractivity contribution in [2.24, 2.45) is 0 Å². The molecule has 2 aromatic carbocycles. The van der Waals surface area contributed by atoms with Crippen LogP contribution in [0.4, 0.5) is 8.78 Å². The molecule has 2 unspecified atom stereocenters. The maximum Gasteiger partial charge on any atom is 0.305 e. The summed E-state index contributed by atoms with van der Waals surface area (Å²) in [5.41, 5.74) is 1.02. The average Bonchev–Trinajstić information content (AvgIpc) is 2.76. The van der Waals surface area contributed by atoms with E-state index in [0.29, 0.717) is 22.0 Å². The number of methoxy groups -OCH3 is 1. The van der Waals surface area contributed by atoms with Gasteiger partial charge in [-0.2, -0.15) is 0 Å². The van der Waals surface area contributed by atoms with Crippen LogP contribution in [-0.4, -0.2) is 22.3 Å². The predicted molar refractivity (Wildman–Crippen MR) is 111 cm³/mol. The molecule has 4 nitrogen and oxygen atoms in total. The van der Waals surface area contributed by atoms with Crippen molar-refractivity contribution in [3.8, 4) is 0 Å². The number of carbonyl (C=O) groups excluding carboxylic acids is 1. The van der Waals surface area contributed by atoms with Gasteiger partial charge in [0.05, 0.1) is 23.6 Å². The van der Waals surface area contributed by atoms with Gasteiger partial charge in [0.15, 0.2) is 0 Å². The Labute approximate surface area is 180 Å². The van der Waals surface area contributed by atoms with Crippen LogP contribution in [0.2, 0.25) is 5.02 Å². The van der Waals surface area contributed by atoms with Gasteiger partial charge in [0, 0.05) is 28.1 Å². The Morgan fingerprint density at radius 3 is 2.50 bits per heavy atom. The van der Waals surface area contributed by atoms with Gasteiger partial charge in [0.1, 0.15) is 16.9 Å². The summed E-state index contributed by atoms with van der Waals surface area (Å²) in [5.74, 6) is -1.66. The Balaban J connectivity index is 1.99. The van der Waals surface area contributed by atoms with Gasteiger partial charge in [-0.15, -0.1) is 0 Å².